The third kappa shape index (κ3) is 5.69. The van der Waals surface area contributed by atoms with Crippen molar-refractivity contribution in [2.24, 2.45) is 0 Å². The molecular formula is C15H24BrNO3. The fraction of sp³-hybridized carbons (Fsp3) is 0.600. The molecule has 20 heavy (non-hydrogen) atoms. The van der Waals surface area contributed by atoms with Crippen molar-refractivity contribution in [2.45, 2.75) is 19.8 Å². The van der Waals surface area contributed by atoms with Crippen molar-refractivity contribution in [3.05, 3.63) is 22.2 Å². The zero-order chi connectivity index (χ0) is 14.8. The maximum Gasteiger partial charge on any atom is 0.161 e. The van der Waals surface area contributed by atoms with Gasteiger partial charge in [0, 0.05) is 11.0 Å². The zero-order valence-electron chi connectivity index (χ0n) is 12.5. The van der Waals surface area contributed by atoms with E-state index in [1.165, 1.54) is 0 Å². The van der Waals surface area contributed by atoms with Gasteiger partial charge in [-0.15, -0.1) is 0 Å². The maximum absolute atomic E-state index is 5.61. The van der Waals surface area contributed by atoms with Crippen LogP contribution in [0.2, 0.25) is 0 Å². The van der Waals surface area contributed by atoms with E-state index in [1.807, 2.05) is 12.1 Å². The van der Waals surface area contributed by atoms with Crippen LogP contribution in [-0.2, 0) is 11.2 Å². The molecule has 0 radical (unpaired) electrons. The molecule has 0 bridgehead atoms. The summed E-state index contributed by atoms with van der Waals surface area (Å²) in [7, 11) is 3.28. The van der Waals surface area contributed by atoms with Gasteiger partial charge in [-0.05, 0) is 37.1 Å². The van der Waals surface area contributed by atoms with Gasteiger partial charge in [-0.25, -0.2) is 0 Å². The first kappa shape index (κ1) is 17.3. The van der Waals surface area contributed by atoms with Crippen LogP contribution in [0.4, 0.5) is 0 Å². The van der Waals surface area contributed by atoms with Crippen molar-refractivity contribution in [1.29, 1.82) is 0 Å². The van der Waals surface area contributed by atoms with E-state index in [2.05, 4.69) is 28.2 Å². The highest BCUT2D eigenvalue weighted by molar-refractivity contribution is 9.10. The second kappa shape index (κ2) is 10.0. The molecule has 1 N–H and O–H groups in total. The number of ether oxygens (including phenoxy) is 3. The zero-order valence-corrected chi connectivity index (χ0v) is 14.1. The molecule has 1 rings (SSSR count). The summed E-state index contributed by atoms with van der Waals surface area (Å²) in [4.78, 5) is 0. The van der Waals surface area contributed by atoms with Crippen LogP contribution in [0.3, 0.4) is 0 Å². The molecule has 0 spiro atoms. The molecule has 0 amide bonds. The summed E-state index contributed by atoms with van der Waals surface area (Å²) < 4.78 is 17.2. The van der Waals surface area contributed by atoms with E-state index in [-0.39, 0.29) is 0 Å². The molecule has 0 aliphatic carbocycles. The summed E-state index contributed by atoms with van der Waals surface area (Å²) in [6, 6.07) is 3.92. The minimum absolute atomic E-state index is 0.696. The van der Waals surface area contributed by atoms with Crippen LogP contribution in [0.15, 0.2) is 16.6 Å². The van der Waals surface area contributed by atoms with Gasteiger partial charge in [0.05, 0.1) is 27.4 Å². The molecule has 0 aromatic heterocycles. The number of hydrogen-bond donors (Lipinski definition) is 1. The molecule has 1 aromatic rings. The minimum atomic E-state index is 0.696. The highest BCUT2D eigenvalue weighted by Crippen LogP contribution is 2.33. The van der Waals surface area contributed by atoms with E-state index in [9.17, 15) is 0 Å². The Hall–Kier alpha value is -0.780. The van der Waals surface area contributed by atoms with Gasteiger partial charge < -0.3 is 19.5 Å². The van der Waals surface area contributed by atoms with E-state index in [0.717, 1.165) is 54.1 Å². The molecule has 0 atom stereocenters. The quantitative estimate of drug-likeness (QED) is 0.661. The number of methoxy groups -OCH3 is 2. The number of rotatable bonds is 10. The highest BCUT2D eigenvalue weighted by Gasteiger charge is 2.09. The van der Waals surface area contributed by atoms with Crippen molar-refractivity contribution in [3.8, 4) is 11.5 Å². The van der Waals surface area contributed by atoms with E-state index < -0.39 is 0 Å². The SMILES string of the molecule is CCCNCCOCCc1cc(OC)c(OC)cc1Br. The topological polar surface area (TPSA) is 39.7 Å². The Morgan fingerprint density at radius 2 is 1.75 bits per heavy atom. The van der Waals surface area contributed by atoms with Gasteiger partial charge in [0.1, 0.15) is 0 Å². The predicted molar refractivity (Wildman–Crippen MR) is 84.9 cm³/mol. The lowest BCUT2D eigenvalue weighted by Gasteiger charge is -2.12. The molecule has 1 aromatic carbocycles. The Bertz CT molecular complexity index is 399. The molecule has 0 aliphatic rings. The summed E-state index contributed by atoms with van der Waals surface area (Å²) >= 11 is 3.55. The first-order valence-corrected chi connectivity index (χ1v) is 7.71. The average Bonchev–Trinajstić information content (AvgIpc) is 2.47. The van der Waals surface area contributed by atoms with Crippen LogP contribution < -0.4 is 14.8 Å². The fourth-order valence-electron chi connectivity index (χ4n) is 1.82. The molecule has 114 valence electrons. The molecule has 0 fully saturated rings. The molecule has 5 heteroatoms. The van der Waals surface area contributed by atoms with Crippen LogP contribution in [0.25, 0.3) is 0 Å². The van der Waals surface area contributed by atoms with Crippen molar-refractivity contribution < 1.29 is 14.2 Å². The second-order valence-electron chi connectivity index (χ2n) is 4.41. The smallest absolute Gasteiger partial charge is 0.161 e. The largest absolute Gasteiger partial charge is 0.493 e. The maximum atomic E-state index is 5.61. The first-order chi connectivity index (χ1) is 9.72. The van der Waals surface area contributed by atoms with Crippen LogP contribution in [0.1, 0.15) is 18.9 Å². The third-order valence-corrected chi connectivity index (χ3v) is 3.66. The molecule has 0 unspecified atom stereocenters. The Balaban J connectivity index is 2.40. The van der Waals surface area contributed by atoms with Crippen LogP contribution in [-0.4, -0.2) is 40.5 Å². The van der Waals surface area contributed by atoms with E-state index in [4.69, 9.17) is 14.2 Å². The molecule has 0 aliphatic heterocycles. The number of nitrogens with one attached hydrogen (secondary N) is 1. The van der Waals surface area contributed by atoms with Gasteiger partial charge in [0.25, 0.3) is 0 Å². The summed E-state index contributed by atoms with van der Waals surface area (Å²) in [5.41, 5.74) is 1.16. The third-order valence-electron chi connectivity index (χ3n) is 2.92. The summed E-state index contributed by atoms with van der Waals surface area (Å²) in [6.07, 6.45) is 1.99. The van der Waals surface area contributed by atoms with Crippen molar-refractivity contribution in [1.82, 2.24) is 5.32 Å². The standard InChI is InChI=1S/C15H24BrNO3/c1-4-6-17-7-9-20-8-5-12-10-14(18-2)15(19-3)11-13(12)16/h10-11,17H,4-9H2,1-3H3. The summed E-state index contributed by atoms with van der Waals surface area (Å²) in [5.74, 6) is 1.48. The van der Waals surface area contributed by atoms with Crippen molar-refractivity contribution >= 4 is 15.9 Å². The van der Waals surface area contributed by atoms with Gasteiger partial charge in [-0.2, -0.15) is 0 Å². The monoisotopic (exact) mass is 345 g/mol. The van der Waals surface area contributed by atoms with Crippen LogP contribution in [0, 0.1) is 0 Å². The Morgan fingerprint density at radius 1 is 1.05 bits per heavy atom. The molecule has 0 saturated heterocycles. The van der Waals surface area contributed by atoms with E-state index in [1.54, 1.807) is 14.2 Å². The lowest BCUT2D eigenvalue weighted by Crippen LogP contribution is -2.20. The molecule has 0 saturated carbocycles. The van der Waals surface area contributed by atoms with Crippen molar-refractivity contribution in [3.63, 3.8) is 0 Å². The van der Waals surface area contributed by atoms with E-state index >= 15 is 0 Å². The molecular weight excluding hydrogens is 322 g/mol. The van der Waals surface area contributed by atoms with Gasteiger partial charge >= 0.3 is 0 Å². The number of benzene rings is 1. The van der Waals surface area contributed by atoms with Gasteiger partial charge in [0.2, 0.25) is 0 Å². The highest BCUT2D eigenvalue weighted by atomic mass is 79.9. The van der Waals surface area contributed by atoms with Gasteiger partial charge in [-0.1, -0.05) is 22.9 Å². The minimum Gasteiger partial charge on any atom is -0.493 e. The average molecular weight is 346 g/mol. The molecule has 0 heterocycles. The lowest BCUT2D eigenvalue weighted by atomic mass is 10.1. The normalized spacial score (nSPS) is 10.6. The summed E-state index contributed by atoms with van der Waals surface area (Å²) in [5, 5.41) is 3.31. The Labute approximate surface area is 129 Å². The fourth-order valence-corrected chi connectivity index (χ4v) is 2.34. The Kier molecular flexibility index (Phi) is 8.65. The van der Waals surface area contributed by atoms with Crippen LogP contribution in [0.5, 0.6) is 11.5 Å². The predicted octanol–water partition coefficient (Wildman–Crippen LogP) is 3.03. The van der Waals surface area contributed by atoms with E-state index in [0.29, 0.717) is 6.61 Å². The first-order valence-electron chi connectivity index (χ1n) is 6.91. The lowest BCUT2D eigenvalue weighted by molar-refractivity contribution is 0.139. The molecule has 4 nitrogen and oxygen atoms in total. The van der Waals surface area contributed by atoms with Gasteiger partial charge in [0.15, 0.2) is 11.5 Å². The van der Waals surface area contributed by atoms with Crippen LogP contribution >= 0.6 is 15.9 Å². The Morgan fingerprint density at radius 3 is 2.40 bits per heavy atom. The number of hydrogen-bond acceptors (Lipinski definition) is 4. The van der Waals surface area contributed by atoms with Gasteiger partial charge in [-0.3, -0.25) is 0 Å². The van der Waals surface area contributed by atoms with Crippen molar-refractivity contribution in [2.75, 3.05) is 40.5 Å². The summed E-state index contributed by atoms with van der Waals surface area (Å²) in [6.45, 7) is 5.54. The number of halogens is 1. The second-order valence-corrected chi connectivity index (χ2v) is 5.27.